The summed E-state index contributed by atoms with van der Waals surface area (Å²) in [5.41, 5.74) is 1.57. The van der Waals surface area contributed by atoms with Crippen LogP contribution >= 0.6 is 15.9 Å². The molecule has 134 valence electrons. The SMILES string of the molecule is CCOc1cc(C)nc(N2CCN(c3cnn(C)c(=O)c3Br)CC2)n1. The highest BCUT2D eigenvalue weighted by Crippen LogP contribution is 2.24. The monoisotopic (exact) mass is 408 g/mol. The Kier molecular flexibility index (Phi) is 5.22. The molecule has 9 heteroatoms. The Hall–Kier alpha value is -2.16. The van der Waals surface area contributed by atoms with Crippen LogP contribution in [-0.2, 0) is 7.05 Å². The van der Waals surface area contributed by atoms with Crippen molar-refractivity contribution in [2.75, 3.05) is 42.6 Å². The quantitative estimate of drug-likeness (QED) is 0.755. The van der Waals surface area contributed by atoms with E-state index in [9.17, 15) is 4.79 Å². The topological polar surface area (TPSA) is 76.4 Å². The molecule has 0 aromatic carbocycles. The van der Waals surface area contributed by atoms with Gasteiger partial charge in [0.1, 0.15) is 4.47 Å². The Bertz CT molecular complexity index is 817. The molecule has 1 saturated heterocycles. The third-order valence-corrected chi connectivity index (χ3v) is 4.82. The fourth-order valence-corrected chi connectivity index (χ4v) is 3.37. The van der Waals surface area contributed by atoms with E-state index in [2.05, 4.69) is 40.8 Å². The third-order valence-electron chi connectivity index (χ3n) is 4.07. The van der Waals surface area contributed by atoms with Gasteiger partial charge >= 0.3 is 0 Å². The predicted octanol–water partition coefficient (Wildman–Crippen LogP) is 1.37. The molecule has 25 heavy (non-hydrogen) atoms. The van der Waals surface area contributed by atoms with E-state index in [1.807, 2.05) is 19.9 Å². The van der Waals surface area contributed by atoms with E-state index in [-0.39, 0.29) is 5.56 Å². The van der Waals surface area contributed by atoms with Gasteiger partial charge < -0.3 is 14.5 Å². The average molecular weight is 409 g/mol. The van der Waals surface area contributed by atoms with E-state index >= 15 is 0 Å². The molecule has 0 spiro atoms. The average Bonchev–Trinajstić information content (AvgIpc) is 2.60. The first kappa shape index (κ1) is 17.7. The Morgan fingerprint density at radius 1 is 1.20 bits per heavy atom. The number of halogens is 1. The van der Waals surface area contributed by atoms with E-state index in [4.69, 9.17) is 4.74 Å². The molecule has 0 atom stereocenters. The zero-order valence-electron chi connectivity index (χ0n) is 14.6. The van der Waals surface area contributed by atoms with Gasteiger partial charge in [0, 0.05) is 45.0 Å². The van der Waals surface area contributed by atoms with E-state index in [0.717, 1.165) is 37.6 Å². The number of aryl methyl sites for hydroxylation is 2. The van der Waals surface area contributed by atoms with Gasteiger partial charge in [0.2, 0.25) is 11.8 Å². The summed E-state index contributed by atoms with van der Waals surface area (Å²) in [6.07, 6.45) is 1.72. The molecule has 0 radical (unpaired) electrons. The number of anilines is 2. The highest BCUT2D eigenvalue weighted by molar-refractivity contribution is 9.10. The summed E-state index contributed by atoms with van der Waals surface area (Å²) < 4.78 is 7.37. The van der Waals surface area contributed by atoms with Crippen LogP contribution in [0.25, 0.3) is 0 Å². The van der Waals surface area contributed by atoms with Crippen LogP contribution in [0.2, 0.25) is 0 Å². The minimum Gasteiger partial charge on any atom is -0.478 e. The first-order valence-electron chi connectivity index (χ1n) is 8.19. The molecule has 0 bridgehead atoms. The highest BCUT2D eigenvalue weighted by atomic mass is 79.9. The van der Waals surface area contributed by atoms with E-state index in [1.54, 1.807) is 13.2 Å². The smallest absolute Gasteiger partial charge is 0.282 e. The van der Waals surface area contributed by atoms with Crippen molar-refractivity contribution in [1.29, 1.82) is 0 Å². The van der Waals surface area contributed by atoms with Crippen molar-refractivity contribution < 1.29 is 4.74 Å². The van der Waals surface area contributed by atoms with Gasteiger partial charge in [-0.2, -0.15) is 10.1 Å². The zero-order valence-corrected chi connectivity index (χ0v) is 16.2. The van der Waals surface area contributed by atoms with Crippen molar-refractivity contribution in [3.8, 4) is 5.88 Å². The lowest BCUT2D eigenvalue weighted by molar-refractivity contribution is 0.325. The maximum absolute atomic E-state index is 12.0. The number of rotatable bonds is 4. The van der Waals surface area contributed by atoms with Crippen LogP contribution in [0.3, 0.4) is 0 Å². The number of piperazine rings is 1. The summed E-state index contributed by atoms with van der Waals surface area (Å²) in [6.45, 7) is 7.49. The van der Waals surface area contributed by atoms with Gasteiger partial charge in [-0.05, 0) is 29.8 Å². The fraction of sp³-hybridized carbons (Fsp3) is 0.500. The number of nitrogens with zero attached hydrogens (tertiary/aromatic N) is 6. The van der Waals surface area contributed by atoms with Crippen molar-refractivity contribution in [1.82, 2.24) is 19.7 Å². The number of hydrogen-bond donors (Lipinski definition) is 0. The van der Waals surface area contributed by atoms with Crippen LogP contribution in [0.5, 0.6) is 5.88 Å². The minimum atomic E-state index is -0.136. The lowest BCUT2D eigenvalue weighted by Gasteiger charge is -2.36. The lowest BCUT2D eigenvalue weighted by atomic mass is 10.3. The van der Waals surface area contributed by atoms with Gasteiger partial charge in [-0.3, -0.25) is 4.79 Å². The summed E-state index contributed by atoms with van der Waals surface area (Å²) in [5, 5.41) is 4.11. The summed E-state index contributed by atoms with van der Waals surface area (Å²) in [4.78, 5) is 25.3. The summed E-state index contributed by atoms with van der Waals surface area (Å²) >= 11 is 3.39. The molecular formula is C16H21BrN6O2. The van der Waals surface area contributed by atoms with Gasteiger partial charge in [-0.25, -0.2) is 9.67 Å². The predicted molar refractivity (Wildman–Crippen MR) is 99.5 cm³/mol. The summed E-state index contributed by atoms with van der Waals surface area (Å²) in [6, 6.07) is 1.84. The van der Waals surface area contributed by atoms with Gasteiger partial charge in [-0.1, -0.05) is 0 Å². The van der Waals surface area contributed by atoms with Gasteiger partial charge in [-0.15, -0.1) is 0 Å². The van der Waals surface area contributed by atoms with Crippen molar-refractivity contribution in [3.63, 3.8) is 0 Å². The molecule has 3 heterocycles. The number of ether oxygens (including phenoxy) is 1. The number of aromatic nitrogens is 4. The highest BCUT2D eigenvalue weighted by Gasteiger charge is 2.22. The number of hydrogen-bond acceptors (Lipinski definition) is 7. The molecule has 1 aliphatic heterocycles. The molecule has 1 fully saturated rings. The molecule has 0 amide bonds. The standard InChI is InChI=1S/C16H21BrN6O2/c1-4-25-13-9-11(2)19-16(20-13)23-7-5-22(6-8-23)12-10-18-21(3)15(24)14(12)17/h9-10H,4-8H2,1-3H3. The van der Waals surface area contributed by atoms with Crippen LogP contribution < -0.4 is 20.1 Å². The zero-order chi connectivity index (χ0) is 18.0. The third kappa shape index (κ3) is 3.76. The maximum Gasteiger partial charge on any atom is 0.282 e. The van der Waals surface area contributed by atoms with Crippen LogP contribution in [0.15, 0.2) is 21.5 Å². The first-order valence-corrected chi connectivity index (χ1v) is 8.99. The second-order valence-electron chi connectivity index (χ2n) is 5.83. The fourth-order valence-electron chi connectivity index (χ4n) is 2.76. The molecule has 3 rings (SSSR count). The largest absolute Gasteiger partial charge is 0.478 e. The van der Waals surface area contributed by atoms with Crippen LogP contribution in [0.4, 0.5) is 11.6 Å². The Balaban J connectivity index is 1.74. The lowest BCUT2D eigenvalue weighted by Crippen LogP contribution is -2.47. The molecule has 2 aromatic rings. The van der Waals surface area contributed by atoms with Crippen LogP contribution in [0.1, 0.15) is 12.6 Å². The molecule has 8 nitrogen and oxygen atoms in total. The second-order valence-corrected chi connectivity index (χ2v) is 6.62. The van der Waals surface area contributed by atoms with Gasteiger partial charge in [0.05, 0.1) is 18.5 Å². The van der Waals surface area contributed by atoms with Gasteiger partial charge in [0.25, 0.3) is 5.56 Å². The Labute approximate surface area is 154 Å². The van der Waals surface area contributed by atoms with E-state index < -0.39 is 0 Å². The summed E-state index contributed by atoms with van der Waals surface area (Å²) in [5.74, 6) is 1.29. The van der Waals surface area contributed by atoms with Crippen molar-refractivity contribution in [2.45, 2.75) is 13.8 Å². The maximum atomic E-state index is 12.0. The minimum absolute atomic E-state index is 0.136. The molecule has 0 aliphatic carbocycles. The Morgan fingerprint density at radius 2 is 1.88 bits per heavy atom. The van der Waals surface area contributed by atoms with Gasteiger partial charge in [0.15, 0.2) is 0 Å². The normalized spacial score (nSPS) is 14.7. The van der Waals surface area contributed by atoms with Crippen molar-refractivity contribution >= 4 is 27.6 Å². The molecule has 0 unspecified atom stereocenters. The van der Waals surface area contributed by atoms with E-state index in [0.29, 0.717) is 22.9 Å². The molecule has 0 saturated carbocycles. The van der Waals surface area contributed by atoms with E-state index in [1.165, 1.54) is 4.68 Å². The first-order chi connectivity index (χ1) is 12.0. The molecular weight excluding hydrogens is 388 g/mol. The summed E-state index contributed by atoms with van der Waals surface area (Å²) in [7, 11) is 1.64. The van der Waals surface area contributed by atoms with Crippen LogP contribution in [-0.4, -0.2) is 52.5 Å². The van der Waals surface area contributed by atoms with Crippen molar-refractivity contribution in [2.24, 2.45) is 7.05 Å². The van der Waals surface area contributed by atoms with Crippen molar-refractivity contribution in [3.05, 3.63) is 32.8 Å². The Morgan fingerprint density at radius 3 is 2.56 bits per heavy atom. The molecule has 2 aromatic heterocycles. The molecule has 1 aliphatic rings. The second kappa shape index (κ2) is 7.38. The molecule has 0 N–H and O–H groups in total. The van der Waals surface area contributed by atoms with Crippen LogP contribution in [0, 0.1) is 6.92 Å².